The molecule has 88 valence electrons. The highest BCUT2D eigenvalue weighted by Gasteiger charge is 2.26. The van der Waals surface area contributed by atoms with Gasteiger partial charge in [0.2, 0.25) is 0 Å². The first-order chi connectivity index (χ1) is 6.97. The smallest absolute Gasteiger partial charge is 0.306 e. The highest BCUT2D eigenvalue weighted by Crippen LogP contribution is 2.31. The van der Waals surface area contributed by atoms with Crippen LogP contribution in [0.15, 0.2) is 0 Å². The fraction of sp³-hybridized carbons (Fsp3) is 0.818. The van der Waals surface area contributed by atoms with Crippen LogP contribution in [-0.2, 0) is 19.1 Å². The minimum absolute atomic E-state index is 0.179. The van der Waals surface area contributed by atoms with Crippen molar-refractivity contribution in [3.8, 4) is 0 Å². The van der Waals surface area contributed by atoms with E-state index < -0.39 is 0 Å². The Bertz CT molecular complexity index is 225. The topological polar surface area (TPSA) is 52.6 Å². The van der Waals surface area contributed by atoms with Crippen LogP contribution < -0.4 is 0 Å². The maximum absolute atomic E-state index is 11.2. The summed E-state index contributed by atoms with van der Waals surface area (Å²) in [4.78, 5) is 22.2. The molecular formula is C11H20O4. The van der Waals surface area contributed by atoms with Crippen LogP contribution in [0.3, 0.4) is 0 Å². The summed E-state index contributed by atoms with van der Waals surface area (Å²) in [5.41, 5.74) is -0.179. The fourth-order valence-electron chi connectivity index (χ4n) is 1.32. The van der Waals surface area contributed by atoms with Crippen molar-refractivity contribution in [3.63, 3.8) is 0 Å². The Labute approximate surface area is 90.9 Å². The minimum Gasteiger partial charge on any atom is -0.469 e. The number of hydrogen-bond acceptors (Lipinski definition) is 4. The fourth-order valence-corrected chi connectivity index (χ4v) is 1.32. The lowest BCUT2D eigenvalue weighted by molar-refractivity contribution is -0.145. The third-order valence-corrected chi connectivity index (χ3v) is 2.81. The predicted molar refractivity (Wildman–Crippen MR) is 56.3 cm³/mol. The molecule has 0 rings (SSSR count). The molecule has 0 fully saturated rings. The van der Waals surface area contributed by atoms with Gasteiger partial charge in [-0.2, -0.15) is 0 Å². The molecule has 0 spiro atoms. The van der Waals surface area contributed by atoms with E-state index in [2.05, 4.69) is 9.47 Å². The van der Waals surface area contributed by atoms with Crippen LogP contribution in [-0.4, -0.2) is 26.2 Å². The summed E-state index contributed by atoms with van der Waals surface area (Å²) in [6, 6.07) is 0. The van der Waals surface area contributed by atoms with Crippen molar-refractivity contribution in [2.75, 3.05) is 14.2 Å². The quantitative estimate of drug-likeness (QED) is 0.636. The van der Waals surface area contributed by atoms with Crippen LogP contribution in [0.5, 0.6) is 0 Å². The van der Waals surface area contributed by atoms with Crippen molar-refractivity contribution in [3.05, 3.63) is 0 Å². The van der Waals surface area contributed by atoms with Gasteiger partial charge in [-0.3, -0.25) is 9.59 Å². The Balaban J connectivity index is 4.18. The molecule has 1 unspecified atom stereocenters. The molecule has 0 saturated carbocycles. The van der Waals surface area contributed by atoms with Crippen molar-refractivity contribution in [2.45, 2.75) is 39.5 Å². The number of methoxy groups -OCH3 is 2. The Morgan fingerprint density at radius 2 is 1.67 bits per heavy atom. The molecule has 0 bridgehead atoms. The third-order valence-electron chi connectivity index (χ3n) is 2.81. The van der Waals surface area contributed by atoms with Crippen molar-refractivity contribution in [1.82, 2.24) is 0 Å². The van der Waals surface area contributed by atoms with Gasteiger partial charge in [0.15, 0.2) is 0 Å². The van der Waals surface area contributed by atoms with Crippen LogP contribution in [0, 0.1) is 5.41 Å². The Kier molecular flexibility index (Phi) is 5.97. The molecule has 4 nitrogen and oxygen atoms in total. The Hall–Kier alpha value is -1.06. The maximum Gasteiger partial charge on any atom is 0.306 e. The summed E-state index contributed by atoms with van der Waals surface area (Å²) < 4.78 is 9.19. The zero-order valence-corrected chi connectivity index (χ0v) is 9.96. The van der Waals surface area contributed by atoms with Gasteiger partial charge in [-0.25, -0.2) is 0 Å². The van der Waals surface area contributed by atoms with Crippen LogP contribution in [0.4, 0.5) is 0 Å². The van der Waals surface area contributed by atoms with E-state index in [-0.39, 0.29) is 17.4 Å². The van der Waals surface area contributed by atoms with Crippen molar-refractivity contribution in [2.24, 2.45) is 5.41 Å². The SMILES string of the molecule is CCC(C)(CCC(=O)OC)CC(=O)OC. The molecule has 0 saturated heterocycles. The molecule has 0 radical (unpaired) electrons. The normalized spacial score (nSPS) is 14.1. The van der Waals surface area contributed by atoms with Gasteiger partial charge in [-0.15, -0.1) is 0 Å². The van der Waals surface area contributed by atoms with Gasteiger partial charge in [0.1, 0.15) is 0 Å². The number of carbonyl (C=O) groups excluding carboxylic acids is 2. The van der Waals surface area contributed by atoms with E-state index >= 15 is 0 Å². The minimum atomic E-state index is -0.237. The summed E-state index contributed by atoms with van der Waals surface area (Å²) in [7, 11) is 2.74. The highest BCUT2D eigenvalue weighted by atomic mass is 16.5. The van der Waals surface area contributed by atoms with Crippen LogP contribution >= 0.6 is 0 Å². The van der Waals surface area contributed by atoms with Gasteiger partial charge in [-0.1, -0.05) is 20.3 Å². The molecule has 0 aromatic carbocycles. The van der Waals surface area contributed by atoms with E-state index in [1.54, 1.807) is 0 Å². The molecule has 0 amide bonds. The van der Waals surface area contributed by atoms with E-state index in [4.69, 9.17) is 0 Å². The molecule has 0 heterocycles. The van der Waals surface area contributed by atoms with Crippen LogP contribution in [0.25, 0.3) is 0 Å². The second-order valence-corrected chi connectivity index (χ2v) is 3.99. The largest absolute Gasteiger partial charge is 0.469 e. The van der Waals surface area contributed by atoms with Crippen molar-refractivity contribution in [1.29, 1.82) is 0 Å². The number of carbonyl (C=O) groups is 2. The molecule has 0 aliphatic rings. The molecule has 4 heteroatoms. The van der Waals surface area contributed by atoms with Crippen LogP contribution in [0.2, 0.25) is 0 Å². The molecule has 0 N–H and O–H groups in total. The number of hydrogen-bond donors (Lipinski definition) is 0. The third kappa shape index (κ3) is 5.40. The zero-order valence-electron chi connectivity index (χ0n) is 9.96. The van der Waals surface area contributed by atoms with E-state index in [1.807, 2.05) is 13.8 Å². The Morgan fingerprint density at radius 1 is 1.13 bits per heavy atom. The zero-order chi connectivity index (χ0) is 11.9. The first kappa shape index (κ1) is 13.9. The first-order valence-electron chi connectivity index (χ1n) is 5.11. The van der Waals surface area contributed by atoms with E-state index in [9.17, 15) is 9.59 Å². The van der Waals surface area contributed by atoms with Crippen molar-refractivity contribution < 1.29 is 19.1 Å². The molecule has 0 aliphatic carbocycles. The summed E-state index contributed by atoms with van der Waals surface area (Å²) in [6.07, 6.45) is 2.17. The second kappa shape index (κ2) is 6.43. The van der Waals surface area contributed by atoms with Gasteiger partial charge < -0.3 is 9.47 Å². The monoisotopic (exact) mass is 216 g/mol. The van der Waals surface area contributed by atoms with Gasteiger partial charge in [0.05, 0.1) is 20.6 Å². The van der Waals surface area contributed by atoms with Gasteiger partial charge in [0.25, 0.3) is 0 Å². The highest BCUT2D eigenvalue weighted by molar-refractivity contribution is 5.71. The average molecular weight is 216 g/mol. The molecule has 0 aliphatic heterocycles. The molecule has 0 aromatic heterocycles. The lowest BCUT2D eigenvalue weighted by atomic mass is 9.80. The van der Waals surface area contributed by atoms with E-state index in [0.29, 0.717) is 19.3 Å². The maximum atomic E-state index is 11.2. The summed E-state index contributed by atoms with van der Waals surface area (Å²) >= 11 is 0. The lowest BCUT2D eigenvalue weighted by Crippen LogP contribution is -2.22. The predicted octanol–water partition coefficient (Wildman–Crippen LogP) is 1.92. The number of esters is 2. The lowest BCUT2D eigenvalue weighted by Gasteiger charge is -2.26. The summed E-state index contributed by atoms with van der Waals surface area (Å²) in [5.74, 6) is -0.469. The average Bonchev–Trinajstić information content (AvgIpc) is 2.25. The summed E-state index contributed by atoms with van der Waals surface area (Å²) in [5, 5.41) is 0. The Morgan fingerprint density at radius 3 is 2.07 bits per heavy atom. The second-order valence-electron chi connectivity index (χ2n) is 3.99. The molecular weight excluding hydrogens is 196 g/mol. The van der Waals surface area contributed by atoms with Gasteiger partial charge >= 0.3 is 11.9 Å². The van der Waals surface area contributed by atoms with Crippen molar-refractivity contribution >= 4 is 11.9 Å². The van der Waals surface area contributed by atoms with Gasteiger partial charge in [-0.05, 0) is 11.8 Å². The standard InChI is InChI=1S/C11H20O4/c1-5-11(2,8-10(13)15-4)7-6-9(12)14-3/h5-8H2,1-4H3. The molecule has 1 atom stereocenters. The van der Waals surface area contributed by atoms with Crippen LogP contribution in [0.1, 0.15) is 39.5 Å². The van der Waals surface area contributed by atoms with Gasteiger partial charge in [0, 0.05) is 6.42 Å². The summed E-state index contributed by atoms with van der Waals surface area (Å²) in [6.45, 7) is 3.98. The van der Waals surface area contributed by atoms with E-state index in [1.165, 1.54) is 14.2 Å². The van der Waals surface area contributed by atoms with E-state index in [0.717, 1.165) is 6.42 Å². The molecule has 15 heavy (non-hydrogen) atoms. The molecule has 0 aromatic rings. The number of rotatable bonds is 6. The first-order valence-corrected chi connectivity index (χ1v) is 5.11. The number of ether oxygens (including phenoxy) is 2.